The normalized spacial score (nSPS) is 16.5. The molecular weight excluding hydrogens is 545 g/mol. The minimum Gasteiger partial charge on any atom is -0.455 e. The summed E-state index contributed by atoms with van der Waals surface area (Å²) in [7, 11) is -9.75. The topological polar surface area (TPSA) is 121 Å². The van der Waals surface area contributed by atoms with Crippen molar-refractivity contribution in [3.63, 3.8) is 0 Å². The van der Waals surface area contributed by atoms with Crippen LogP contribution in [0.2, 0.25) is 5.02 Å². The Morgan fingerprint density at radius 1 is 0.919 bits per heavy atom. The Labute approximate surface area is 216 Å². The van der Waals surface area contributed by atoms with Crippen molar-refractivity contribution < 1.29 is 35.1 Å². The van der Waals surface area contributed by atoms with Crippen molar-refractivity contribution in [1.29, 1.82) is 0 Å². The van der Waals surface area contributed by atoms with Gasteiger partial charge in [0.15, 0.2) is 0 Å². The largest absolute Gasteiger partial charge is 0.455 e. The molecule has 0 unspecified atom stereocenters. The summed E-state index contributed by atoms with van der Waals surface area (Å²) in [6.45, 7) is 1.81. The highest BCUT2D eigenvalue weighted by atomic mass is 35.5. The summed E-state index contributed by atoms with van der Waals surface area (Å²) in [5.74, 6) is -0.170. The van der Waals surface area contributed by atoms with Gasteiger partial charge >= 0.3 is 0 Å². The molecule has 0 spiro atoms. The Kier molecular flexibility index (Phi) is 5.52. The smallest absolute Gasteiger partial charge is 0.295 e. The minimum atomic E-state index is -4.97. The van der Waals surface area contributed by atoms with E-state index in [1.807, 2.05) is 6.07 Å². The Morgan fingerprint density at radius 2 is 1.65 bits per heavy atom. The van der Waals surface area contributed by atoms with E-state index in [2.05, 4.69) is 4.58 Å². The zero-order chi connectivity index (χ0) is 26.3. The predicted octanol–water partition coefficient (Wildman–Crippen LogP) is 2.71. The third-order valence-corrected chi connectivity index (χ3v) is 9.08. The number of fused-ring (bicyclic) bond motifs is 3. The monoisotopic (exact) mass is 564 g/mol. The molecule has 3 heterocycles. The van der Waals surface area contributed by atoms with Gasteiger partial charge < -0.3 is 4.74 Å². The van der Waals surface area contributed by atoms with E-state index in [1.165, 1.54) is 12.1 Å². The number of nitrogens with zero attached hydrogens (tertiary/aromatic N) is 1. The summed E-state index contributed by atoms with van der Waals surface area (Å²) in [4.78, 5) is -1.44. The molecular formula is C25H20ClFNO7S2+. The molecule has 0 saturated carbocycles. The van der Waals surface area contributed by atoms with Gasteiger partial charge in [0.05, 0.1) is 15.5 Å². The van der Waals surface area contributed by atoms with Gasteiger partial charge in [0.1, 0.15) is 35.3 Å². The number of benzene rings is 3. The van der Waals surface area contributed by atoms with Crippen molar-refractivity contribution in [1.82, 2.24) is 4.58 Å². The van der Waals surface area contributed by atoms with E-state index >= 15 is 0 Å². The van der Waals surface area contributed by atoms with Gasteiger partial charge in [0.2, 0.25) is 5.36 Å². The average molecular weight is 565 g/mol. The van der Waals surface area contributed by atoms with E-state index in [0.717, 1.165) is 61.0 Å². The maximum Gasteiger partial charge on any atom is 0.295 e. The van der Waals surface area contributed by atoms with Gasteiger partial charge in [0.25, 0.3) is 20.2 Å². The molecule has 3 aromatic carbocycles. The van der Waals surface area contributed by atoms with Crippen molar-refractivity contribution in [2.45, 2.75) is 35.5 Å². The van der Waals surface area contributed by atoms with Gasteiger partial charge in [-0.3, -0.25) is 9.11 Å². The average Bonchev–Trinajstić information content (AvgIpc) is 2.83. The lowest BCUT2D eigenvalue weighted by molar-refractivity contribution is 0.434. The molecule has 0 saturated heterocycles. The Hall–Kier alpha value is -2.83. The second-order valence-corrected chi connectivity index (χ2v) is 12.5. The fourth-order valence-electron chi connectivity index (χ4n) is 5.57. The minimum absolute atomic E-state index is 0.0426. The van der Waals surface area contributed by atoms with Crippen LogP contribution in [0, 0.1) is 5.82 Å². The molecule has 2 N–H and O–H groups in total. The summed E-state index contributed by atoms with van der Waals surface area (Å²) < 4.78 is 91.1. The number of halogens is 2. The molecule has 0 fully saturated rings. The lowest BCUT2D eigenvalue weighted by Gasteiger charge is -2.27. The zero-order valence-electron chi connectivity index (χ0n) is 19.2. The van der Waals surface area contributed by atoms with Crippen molar-refractivity contribution in [2.75, 3.05) is 13.1 Å². The van der Waals surface area contributed by atoms with Gasteiger partial charge in [-0.05, 0) is 37.1 Å². The van der Waals surface area contributed by atoms with Crippen LogP contribution < -0.4 is 19.9 Å². The molecule has 8 nitrogen and oxygen atoms in total. The van der Waals surface area contributed by atoms with Crippen molar-refractivity contribution in [2.24, 2.45) is 0 Å². The van der Waals surface area contributed by atoms with Crippen LogP contribution in [0.3, 0.4) is 0 Å². The van der Waals surface area contributed by atoms with Gasteiger partial charge in [-0.1, -0.05) is 17.7 Å². The Balaban J connectivity index is 1.82. The van der Waals surface area contributed by atoms with Crippen LogP contribution in [0.4, 0.5) is 4.39 Å². The third kappa shape index (κ3) is 3.96. The molecule has 12 heteroatoms. The van der Waals surface area contributed by atoms with Gasteiger partial charge in [-0.2, -0.15) is 16.8 Å². The van der Waals surface area contributed by atoms with Crippen LogP contribution in [0.1, 0.15) is 35.1 Å². The third-order valence-electron chi connectivity index (χ3n) is 7.04. The fourth-order valence-corrected chi connectivity index (χ4v) is 7.04. The molecule has 3 aromatic rings. The maximum atomic E-state index is 14.5. The van der Waals surface area contributed by atoms with Crippen LogP contribution in [0.5, 0.6) is 11.5 Å². The van der Waals surface area contributed by atoms with Crippen molar-refractivity contribution in [3.05, 3.63) is 80.1 Å². The van der Waals surface area contributed by atoms with Crippen LogP contribution in [-0.4, -0.2) is 39.0 Å². The van der Waals surface area contributed by atoms with E-state index < -0.39 is 35.8 Å². The second kappa shape index (κ2) is 8.34. The maximum absolute atomic E-state index is 14.5. The summed E-state index contributed by atoms with van der Waals surface area (Å²) >= 11 is 6.11. The summed E-state index contributed by atoms with van der Waals surface area (Å²) in [5, 5.41) is 1.37. The highest BCUT2D eigenvalue weighted by molar-refractivity contribution is 7.86. The first-order valence-corrected chi connectivity index (χ1v) is 14.8. The number of ether oxygens (including phenoxy) is 1. The predicted molar refractivity (Wildman–Crippen MR) is 132 cm³/mol. The molecule has 0 atom stereocenters. The quantitative estimate of drug-likeness (QED) is 0.290. The summed E-state index contributed by atoms with van der Waals surface area (Å²) in [6, 6.07) is 7.26. The van der Waals surface area contributed by atoms with Crippen molar-refractivity contribution >= 4 is 37.4 Å². The number of rotatable bonds is 3. The fraction of sp³-hybridized carbons (Fsp3) is 0.240. The van der Waals surface area contributed by atoms with Gasteiger partial charge in [-0.25, -0.2) is 8.97 Å². The standard InChI is InChI=1S/C25H19ClFNO7S2/c26-19-11-17-21(12-20(19)27)35-25-16-4-2-8-28-7-1-3-13(24(16)28)9-18(25)23(17)15-6-5-14(36(29,30)31)10-22(15)37(32,33)34/h5-6,9-12H,1-4,7-8H2,(H-,29,30,31,32,33,34)/p+1. The molecule has 6 rings (SSSR count). The van der Waals surface area contributed by atoms with E-state index in [1.54, 1.807) is 0 Å². The first-order chi connectivity index (χ1) is 17.4. The van der Waals surface area contributed by atoms with Crippen LogP contribution >= 0.6 is 11.6 Å². The first kappa shape index (κ1) is 24.5. The number of hydrogen-bond acceptors (Lipinski definition) is 5. The first-order valence-electron chi connectivity index (χ1n) is 11.5. The SMILES string of the molecule is O=S(=O)(O)c1ccc(C2=c3cc4c5c(c3Oc3cc(F)c(Cl)cc32)CCC[N+]=5CCC4)c(S(=O)(=O)O)c1. The molecule has 0 radical (unpaired) electrons. The Morgan fingerprint density at radius 3 is 2.35 bits per heavy atom. The number of hydrogen-bond donors (Lipinski definition) is 2. The van der Waals surface area contributed by atoms with E-state index in [0.29, 0.717) is 23.5 Å². The molecule has 37 heavy (non-hydrogen) atoms. The highest BCUT2D eigenvalue weighted by Gasteiger charge is 2.33. The van der Waals surface area contributed by atoms with Gasteiger partial charge in [0, 0.05) is 46.4 Å². The Bertz CT molecular complexity index is 1880. The lowest BCUT2D eigenvalue weighted by atomic mass is 9.87. The van der Waals surface area contributed by atoms with Crippen LogP contribution in [-0.2, 0) is 33.1 Å². The van der Waals surface area contributed by atoms with Crippen molar-refractivity contribution in [3.8, 4) is 11.5 Å². The van der Waals surface area contributed by atoms with Crippen LogP contribution in [0.25, 0.3) is 5.57 Å². The molecule has 0 amide bonds. The molecule has 0 bridgehead atoms. The zero-order valence-corrected chi connectivity index (χ0v) is 21.6. The molecule has 3 aliphatic heterocycles. The summed E-state index contributed by atoms with van der Waals surface area (Å²) in [5.41, 5.74) is 2.51. The molecule has 3 aliphatic rings. The molecule has 0 aliphatic carbocycles. The molecule has 192 valence electrons. The summed E-state index contributed by atoms with van der Waals surface area (Å²) in [6.07, 6.45) is 3.31. The molecule has 0 aromatic heterocycles. The lowest BCUT2D eigenvalue weighted by Crippen LogP contribution is -2.45. The van der Waals surface area contributed by atoms with Crippen LogP contribution in [0.15, 0.2) is 46.2 Å². The van der Waals surface area contributed by atoms with Gasteiger partial charge in [-0.15, -0.1) is 0 Å². The van der Waals surface area contributed by atoms with E-state index in [-0.39, 0.29) is 27.5 Å². The second-order valence-electron chi connectivity index (χ2n) is 9.28. The van der Waals surface area contributed by atoms with E-state index in [9.17, 15) is 30.3 Å². The highest BCUT2D eigenvalue weighted by Crippen LogP contribution is 2.42. The van der Waals surface area contributed by atoms with E-state index in [4.69, 9.17) is 16.3 Å². The number of aryl methyl sites for hydroxylation is 1.